The molecule has 0 N–H and O–H groups in total. The third-order valence-corrected chi connectivity index (χ3v) is 7.55. The molecule has 0 radical (unpaired) electrons. The highest BCUT2D eigenvalue weighted by Crippen LogP contribution is 2.65. The van der Waals surface area contributed by atoms with Gasteiger partial charge in [-0.15, -0.1) is 0 Å². The fourth-order valence-corrected chi connectivity index (χ4v) is 6.45. The number of ether oxygens (including phenoxy) is 2. The smallest absolute Gasteiger partial charge is 0.339 e. The lowest BCUT2D eigenvalue weighted by Crippen LogP contribution is -2.39. The standard InChI is InChI=1S/C28H33NO3/c1-3-31-26-23(27(30)32-4-2)25-24(28(26)17-11-6-12-18-28)21-15-9-10-16-22(21)29(25)19-20-13-7-5-8-14-20/h5,7-10,13-16,24-25H,3-4,6,11-12,17-19H2,1-2H3/t24-,25-/m0/s1. The van der Waals surface area contributed by atoms with E-state index < -0.39 is 0 Å². The first-order chi connectivity index (χ1) is 15.7. The molecule has 1 fully saturated rings. The van der Waals surface area contributed by atoms with Crippen LogP contribution in [0.15, 0.2) is 65.9 Å². The molecule has 2 aliphatic carbocycles. The van der Waals surface area contributed by atoms with Gasteiger partial charge in [-0.1, -0.05) is 67.8 Å². The van der Waals surface area contributed by atoms with E-state index >= 15 is 0 Å². The Kier molecular flexibility index (Phi) is 5.71. The van der Waals surface area contributed by atoms with Gasteiger partial charge in [-0.25, -0.2) is 4.79 Å². The largest absolute Gasteiger partial charge is 0.497 e. The number of benzene rings is 2. The molecule has 1 heterocycles. The Bertz CT molecular complexity index is 1010. The van der Waals surface area contributed by atoms with Gasteiger partial charge in [0.2, 0.25) is 0 Å². The Morgan fingerprint density at radius 3 is 2.41 bits per heavy atom. The average Bonchev–Trinajstić information content (AvgIpc) is 3.27. The van der Waals surface area contributed by atoms with E-state index in [1.807, 2.05) is 19.9 Å². The maximum absolute atomic E-state index is 13.5. The summed E-state index contributed by atoms with van der Waals surface area (Å²) in [5.74, 6) is 0.934. The van der Waals surface area contributed by atoms with Gasteiger partial charge in [0, 0.05) is 23.6 Å². The molecule has 0 amide bonds. The minimum Gasteiger partial charge on any atom is -0.497 e. The second-order valence-corrected chi connectivity index (χ2v) is 9.21. The predicted molar refractivity (Wildman–Crippen MR) is 126 cm³/mol. The van der Waals surface area contributed by atoms with E-state index in [0.29, 0.717) is 13.2 Å². The van der Waals surface area contributed by atoms with E-state index in [9.17, 15) is 4.79 Å². The number of anilines is 1. The fourth-order valence-electron chi connectivity index (χ4n) is 6.45. The van der Waals surface area contributed by atoms with Crippen molar-refractivity contribution in [2.75, 3.05) is 18.1 Å². The maximum Gasteiger partial charge on any atom is 0.339 e. The molecule has 0 aromatic heterocycles. The first-order valence-corrected chi connectivity index (χ1v) is 12.2. The summed E-state index contributed by atoms with van der Waals surface area (Å²) in [5, 5.41) is 0. The van der Waals surface area contributed by atoms with Crippen molar-refractivity contribution in [1.82, 2.24) is 0 Å². The summed E-state index contributed by atoms with van der Waals surface area (Å²) in [4.78, 5) is 15.9. The van der Waals surface area contributed by atoms with Gasteiger partial charge in [-0.2, -0.15) is 0 Å². The lowest BCUT2D eigenvalue weighted by Gasteiger charge is -2.40. The third-order valence-electron chi connectivity index (χ3n) is 7.55. The quantitative estimate of drug-likeness (QED) is 0.528. The van der Waals surface area contributed by atoms with Crippen LogP contribution in [0.4, 0.5) is 5.69 Å². The number of carbonyl (C=O) groups is 1. The summed E-state index contributed by atoms with van der Waals surface area (Å²) in [7, 11) is 0. The molecule has 1 aliphatic heterocycles. The number of esters is 1. The van der Waals surface area contributed by atoms with Crippen LogP contribution in [0.25, 0.3) is 0 Å². The van der Waals surface area contributed by atoms with Crippen molar-refractivity contribution < 1.29 is 14.3 Å². The van der Waals surface area contributed by atoms with Crippen molar-refractivity contribution in [3.05, 3.63) is 77.1 Å². The zero-order valence-electron chi connectivity index (χ0n) is 19.2. The first kappa shape index (κ1) is 21.1. The van der Waals surface area contributed by atoms with Crippen molar-refractivity contribution in [2.24, 2.45) is 5.41 Å². The summed E-state index contributed by atoms with van der Waals surface area (Å²) in [5.41, 5.74) is 4.48. The van der Waals surface area contributed by atoms with Gasteiger partial charge in [-0.3, -0.25) is 0 Å². The Balaban J connectivity index is 1.69. The lowest BCUT2D eigenvalue weighted by molar-refractivity contribution is -0.139. The maximum atomic E-state index is 13.5. The van der Waals surface area contributed by atoms with Crippen molar-refractivity contribution in [3.8, 4) is 0 Å². The van der Waals surface area contributed by atoms with Crippen LogP contribution in [-0.2, 0) is 20.8 Å². The number of nitrogens with zero attached hydrogens (tertiary/aromatic N) is 1. The van der Waals surface area contributed by atoms with Crippen molar-refractivity contribution in [1.29, 1.82) is 0 Å². The number of rotatable bonds is 6. The second kappa shape index (κ2) is 8.65. The molecule has 0 saturated heterocycles. The van der Waals surface area contributed by atoms with Gasteiger partial charge in [0.05, 0.1) is 24.8 Å². The molecule has 4 nitrogen and oxygen atoms in total. The molecule has 4 heteroatoms. The van der Waals surface area contributed by atoms with Crippen LogP contribution in [0.5, 0.6) is 0 Å². The van der Waals surface area contributed by atoms with Gasteiger partial charge < -0.3 is 14.4 Å². The molecule has 2 aromatic carbocycles. The Morgan fingerprint density at radius 2 is 1.69 bits per heavy atom. The minimum absolute atomic E-state index is 0.0497. The van der Waals surface area contributed by atoms with Crippen LogP contribution >= 0.6 is 0 Å². The highest BCUT2D eigenvalue weighted by Gasteiger charge is 2.62. The predicted octanol–water partition coefficient (Wildman–Crippen LogP) is 5.98. The summed E-state index contributed by atoms with van der Waals surface area (Å²) in [6, 6.07) is 19.2. The average molecular weight is 432 g/mol. The normalized spacial score (nSPS) is 23.2. The lowest BCUT2D eigenvalue weighted by atomic mass is 9.64. The van der Waals surface area contributed by atoms with E-state index in [4.69, 9.17) is 9.47 Å². The molecule has 32 heavy (non-hydrogen) atoms. The number of fused-ring (bicyclic) bond motifs is 4. The minimum atomic E-state index is -0.209. The van der Waals surface area contributed by atoms with Crippen LogP contribution in [0.2, 0.25) is 0 Å². The molecule has 3 aliphatic rings. The number of allylic oxidation sites excluding steroid dienone is 1. The number of carbonyl (C=O) groups excluding carboxylic acids is 1. The van der Waals surface area contributed by atoms with E-state index in [-0.39, 0.29) is 23.3 Å². The highest BCUT2D eigenvalue weighted by atomic mass is 16.5. The summed E-state index contributed by atoms with van der Waals surface area (Å²) in [6.07, 6.45) is 5.75. The van der Waals surface area contributed by atoms with Crippen molar-refractivity contribution in [3.63, 3.8) is 0 Å². The Morgan fingerprint density at radius 1 is 0.969 bits per heavy atom. The topological polar surface area (TPSA) is 38.8 Å². The van der Waals surface area contributed by atoms with E-state index in [1.165, 1.54) is 36.1 Å². The molecule has 168 valence electrons. The molecule has 1 saturated carbocycles. The van der Waals surface area contributed by atoms with Crippen molar-refractivity contribution >= 4 is 11.7 Å². The number of para-hydroxylation sites is 1. The fraction of sp³-hybridized carbons (Fsp3) is 0.464. The van der Waals surface area contributed by atoms with Crippen LogP contribution in [0.3, 0.4) is 0 Å². The Hall–Kier alpha value is -2.75. The second-order valence-electron chi connectivity index (χ2n) is 9.21. The van der Waals surface area contributed by atoms with Gasteiger partial charge in [0.1, 0.15) is 5.76 Å². The van der Waals surface area contributed by atoms with E-state index in [0.717, 1.165) is 30.7 Å². The number of hydrogen-bond donors (Lipinski definition) is 0. The summed E-state index contributed by atoms with van der Waals surface area (Å²) >= 11 is 0. The molecular formula is C28H33NO3. The van der Waals surface area contributed by atoms with Gasteiger partial charge >= 0.3 is 5.97 Å². The van der Waals surface area contributed by atoms with Crippen LogP contribution in [-0.4, -0.2) is 25.2 Å². The molecule has 5 rings (SSSR count). The summed E-state index contributed by atoms with van der Waals surface area (Å²) < 4.78 is 12.0. The SMILES string of the molecule is CCOC(=O)C1=C(OCC)C2(CCCCC2)[C@H]2c3ccccc3N(Cc3ccccc3)[C@@H]12. The monoisotopic (exact) mass is 431 g/mol. The van der Waals surface area contributed by atoms with E-state index in [2.05, 4.69) is 53.4 Å². The molecular weight excluding hydrogens is 398 g/mol. The molecule has 2 atom stereocenters. The van der Waals surface area contributed by atoms with Crippen LogP contribution in [0.1, 0.15) is 63.0 Å². The zero-order chi connectivity index (χ0) is 22.1. The van der Waals surface area contributed by atoms with Gasteiger partial charge in [0.15, 0.2) is 0 Å². The molecule has 0 unspecified atom stereocenters. The summed E-state index contributed by atoms with van der Waals surface area (Å²) in [6.45, 7) is 5.61. The molecule has 2 aromatic rings. The third kappa shape index (κ3) is 3.23. The van der Waals surface area contributed by atoms with Crippen molar-refractivity contribution in [2.45, 2.75) is 64.5 Å². The molecule has 1 spiro atoms. The van der Waals surface area contributed by atoms with Crippen LogP contribution in [0, 0.1) is 5.41 Å². The number of hydrogen-bond acceptors (Lipinski definition) is 4. The first-order valence-electron chi connectivity index (χ1n) is 12.2. The van der Waals surface area contributed by atoms with Crippen LogP contribution < -0.4 is 4.90 Å². The highest BCUT2D eigenvalue weighted by molar-refractivity contribution is 5.94. The van der Waals surface area contributed by atoms with Gasteiger partial charge in [-0.05, 0) is 43.9 Å². The van der Waals surface area contributed by atoms with Gasteiger partial charge in [0.25, 0.3) is 0 Å². The molecule has 0 bridgehead atoms. The Labute approximate surface area is 191 Å². The zero-order valence-corrected chi connectivity index (χ0v) is 19.2. The van der Waals surface area contributed by atoms with E-state index in [1.54, 1.807) is 0 Å².